The monoisotopic (exact) mass is 292 g/mol. The number of rotatable bonds is 5. The number of aliphatic hydroxyl groups is 1. The van der Waals surface area contributed by atoms with Crippen LogP contribution in [-0.2, 0) is 5.41 Å². The van der Waals surface area contributed by atoms with Crippen LogP contribution in [0.5, 0.6) is 0 Å². The smallest absolute Gasteiger partial charge is 0.130 e. The van der Waals surface area contributed by atoms with E-state index in [9.17, 15) is 13.9 Å². The Morgan fingerprint density at radius 1 is 1.10 bits per heavy atom. The van der Waals surface area contributed by atoms with Gasteiger partial charge in [0.05, 0.1) is 5.76 Å². The summed E-state index contributed by atoms with van der Waals surface area (Å²) < 4.78 is 27.5. The molecule has 0 saturated heterocycles. The van der Waals surface area contributed by atoms with Crippen LogP contribution < -0.4 is 0 Å². The van der Waals surface area contributed by atoms with E-state index in [1.807, 2.05) is 0 Å². The molecule has 1 nitrogen and oxygen atoms in total. The van der Waals surface area contributed by atoms with Gasteiger partial charge in [0.1, 0.15) is 11.6 Å². The van der Waals surface area contributed by atoms with Crippen LogP contribution in [0.3, 0.4) is 0 Å². The first-order valence-corrected chi connectivity index (χ1v) is 7.46. The number of hydrogen-bond acceptors (Lipinski definition) is 1. The number of benzene rings is 1. The van der Waals surface area contributed by atoms with Gasteiger partial charge in [-0.05, 0) is 30.9 Å². The Labute approximate surface area is 125 Å². The molecule has 0 aliphatic heterocycles. The van der Waals surface area contributed by atoms with Crippen molar-refractivity contribution in [2.24, 2.45) is 0 Å². The lowest BCUT2D eigenvalue weighted by atomic mass is 9.64. The predicted octanol–water partition coefficient (Wildman–Crippen LogP) is 5.57. The van der Waals surface area contributed by atoms with E-state index in [1.165, 1.54) is 6.07 Å². The van der Waals surface area contributed by atoms with E-state index in [0.29, 0.717) is 18.4 Å². The largest absolute Gasteiger partial charge is 0.513 e. The van der Waals surface area contributed by atoms with Crippen molar-refractivity contribution in [3.63, 3.8) is 0 Å². The molecule has 21 heavy (non-hydrogen) atoms. The second-order valence-corrected chi connectivity index (χ2v) is 5.94. The average Bonchev–Trinajstić information content (AvgIpc) is 2.45. The highest BCUT2D eigenvalue weighted by atomic mass is 19.1. The molecule has 2 rings (SSSR count). The Balaban J connectivity index is 2.36. The Bertz CT molecular complexity index is 542. The van der Waals surface area contributed by atoms with Gasteiger partial charge in [-0.1, -0.05) is 44.1 Å². The normalized spacial score (nSPS) is 17.4. The zero-order chi connectivity index (χ0) is 15.5. The van der Waals surface area contributed by atoms with Crippen LogP contribution in [0.15, 0.2) is 42.7 Å². The molecule has 114 valence electrons. The maximum absolute atomic E-state index is 14.3. The molecule has 0 heterocycles. The highest BCUT2D eigenvalue weighted by molar-refractivity contribution is 5.37. The average molecular weight is 292 g/mol. The molecule has 0 bridgehead atoms. The summed E-state index contributed by atoms with van der Waals surface area (Å²) in [5.74, 6) is -0.945. The second kappa shape index (κ2) is 6.42. The van der Waals surface area contributed by atoms with Crippen LogP contribution in [0.2, 0.25) is 0 Å². The third kappa shape index (κ3) is 3.34. The van der Waals surface area contributed by atoms with E-state index in [4.69, 9.17) is 0 Å². The van der Waals surface area contributed by atoms with Gasteiger partial charge < -0.3 is 5.11 Å². The first-order chi connectivity index (χ1) is 9.95. The fourth-order valence-electron chi connectivity index (χ4n) is 3.38. The molecule has 0 amide bonds. The molecule has 0 aromatic heterocycles. The van der Waals surface area contributed by atoms with E-state index in [-0.39, 0.29) is 5.76 Å². The topological polar surface area (TPSA) is 20.2 Å². The van der Waals surface area contributed by atoms with E-state index in [2.05, 4.69) is 13.2 Å². The molecule has 3 heteroatoms. The molecule has 1 aliphatic rings. The van der Waals surface area contributed by atoms with E-state index in [1.54, 1.807) is 6.07 Å². The molecule has 1 aromatic carbocycles. The molecule has 1 N–H and O–H groups in total. The molecule has 1 aliphatic carbocycles. The zero-order valence-electron chi connectivity index (χ0n) is 12.3. The third-order valence-electron chi connectivity index (χ3n) is 4.55. The Morgan fingerprint density at radius 3 is 2.33 bits per heavy atom. The summed E-state index contributed by atoms with van der Waals surface area (Å²) in [5, 5.41) is 9.29. The van der Waals surface area contributed by atoms with Crippen LogP contribution in [0.4, 0.5) is 8.78 Å². The fraction of sp³-hybridized carbons (Fsp3) is 0.444. The van der Waals surface area contributed by atoms with Crippen LogP contribution in [-0.4, -0.2) is 5.11 Å². The number of halogens is 2. The number of hydrogen-bond donors (Lipinski definition) is 1. The molecule has 1 aromatic rings. The van der Waals surface area contributed by atoms with Crippen molar-refractivity contribution < 1.29 is 13.9 Å². The van der Waals surface area contributed by atoms with Gasteiger partial charge in [0, 0.05) is 17.9 Å². The van der Waals surface area contributed by atoms with Gasteiger partial charge in [-0.25, -0.2) is 8.78 Å². The molecule has 0 atom stereocenters. The van der Waals surface area contributed by atoms with E-state index in [0.717, 1.165) is 43.7 Å². The van der Waals surface area contributed by atoms with Gasteiger partial charge in [0.15, 0.2) is 0 Å². The zero-order valence-corrected chi connectivity index (χ0v) is 12.3. The summed E-state index contributed by atoms with van der Waals surface area (Å²) >= 11 is 0. The Hall–Kier alpha value is -1.64. The van der Waals surface area contributed by atoms with Crippen molar-refractivity contribution in [1.29, 1.82) is 0 Å². The van der Waals surface area contributed by atoms with Gasteiger partial charge in [-0.3, -0.25) is 0 Å². The SMILES string of the molecule is C=C(O)CCC(=C)C1(c2ccc(F)cc2F)CCCCC1. The van der Waals surface area contributed by atoms with Gasteiger partial charge in [0.2, 0.25) is 0 Å². The number of aliphatic hydroxyl groups excluding tert-OH is 1. The second-order valence-electron chi connectivity index (χ2n) is 5.94. The van der Waals surface area contributed by atoms with Gasteiger partial charge in [-0.2, -0.15) is 0 Å². The van der Waals surface area contributed by atoms with Crippen molar-refractivity contribution in [2.75, 3.05) is 0 Å². The molecular formula is C18H22F2O. The van der Waals surface area contributed by atoms with Gasteiger partial charge >= 0.3 is 0 Å². The van der Waals surface area contributed by atoms with Gasteiger partial charge in [-0.15, -0.1) is 0 Å². The van der Waals surface area contributed by atoms with Crippen molar-refractivity contribution in [3.8, 4) is 0 Å². The lowest BCUT2D eigenvalue weighted by Gasteiger charge is -2.40. The summed E-state index contributed by atoms with van der Waals surface area (Å²) in [4.78, 5) is 0. The summed E-state index contributed by atoms with van der Waals surface area (Å²) in [6, 6.07) is 3.81. The van der Waals surface area contributed by atoms with Crippen molar-refractivity contribution in [2.45, 2.75) is 50.4 Å². The molecule has 0 radical (unpaired) electrons. The summed E-state index contributed by atoms with van der Waals surface area (Å²) in [5.41, 5.74) is 1.01. The number of allylic oxidation sites excluding steroid dienone is 2. The minimum atomic E-state index is -0.559. The summed E-state index contributed by atoms with van der Waals surface area (Å²) in [6.45, 7) is 7.64. The van der Waals surface area contributed by atoms with Gasteiger partial charge in [0.25, 0.3) is 0 Å². The summed E-state index contributed by atoms with van der Waals surface area (Å²) in [7, 11) is 0. The van der Waals surface area contributed by atoms with Crippen LogP contribution in [0.1, 0.15) is 50.5 Å². The van der Waals surface area contributed by atoms with E-state index < -0.39 is 17.0 Å². The molecule has 0 spiro atoms. The fourth-order valence-corrected chi connectivity index (χ4v) is 3.38. The summed E-state index contributed by atoms with van der Waals surface area (Å²) in [6.07, 6.45) is 5.81. The molecule has 1 fully saturated rings. The van der Waals surface area contributed by atoms with Crippen molar-refractivity contribution >= 4 is 0 Å². The predicted molar refractivity (Wildman–Crippen MR) is 81.3 cm³/mol. The highest BCUT2D eigenvalue weighted by Gasteiger charge is 2.38. The van der Waals surface area contributed by atoms with Crippen molar-refractivity contribution in [3.05, 3.63) is 59.9 Å². The minimum Gasteiger partial charge on any atom is -0.513 e. The molecular weight excluding hydrogens is 270 g/mol. The third-order valence-corrected chi connectivity index (χ3v) is 4.55. The van der Waals surface area contributed by atoms with Crippen LogP contribution >= 0.6 is 0 Å². The standard InChI is InChI=1S/C18H22F2O/c1-13(6-7-14(2)21)18(10-4-3-5-11-18)16-9-8-15(19)12-17(16)20/h8-9,12,21H,1-7,10-11H2. The lowest BCUT2D eigenvalue weighted by Crippen LogP contribution is -2.32. The van der Waals surface area contributed by atoms with E-state index >= 15 is 0 Å². The molecule has 0 unspecified atom stereocenters. The Morgan fingerprint density at radius 2 is 1.76 bits per heavy atom. The molecule has 1 saturated carbocycles. The Kier molecular flexibility index (Phi) is 4.81. The first-order valence-electron chi connectivity index (χ1n) is 7.46. The van der Waals surface area contributed by atoms with Crippen LogP contribution in [0.25, 0.3) is 0 Å². The highest BCUT2D eigenvalue weighted by Crippen LogP contribution is 2.47. The first kappa shape index (κ1) is 15.7. The maximum Gasteiger partial charge on any atom is 0.130 e. The minimum absolute atomic E-state index is 0.113. The maximum atomic E-state index is 14.3. The lowest BCUT2D eigenvalue weighted by molar-refractivity contribution is 0.317. The van der Waals surface area contributed by atoms with Crippen LogP contribution in [0, 0.1) is 11.6 Å². The van der Waals surface area contributed by atoms with Crippen molar-refractivity contribution in [1.82, 2.24) is 0 Å². The quantitative estimate of drug-likeness (QED) is 0.555.